The van der Waals surface area contributed by atoms with Crippen LogP contribution in [0.4, 0.5) is 15.7 Å². The number of carbonyl (C=O) groups is 2. The van der Waals surface area contributed by atoms with E-state index in [-0.39, 0.29) is 11.5 Å². The van der Waals surface area contributed by atoms with E-state index in [2.05, 4.69) is 20.6 Å². The smallest absolute Gasteiger partial charge is 0.318 e. The summed E-state index contributed by atoms with van der Waals surface area (Å²) < 4.78 is 0. The van der Waals surface area contributed by atoms with Crippen molar-refractivity contribution in [3.8, 4) is 0 Å². The lowest BCUT2D eigenvalue weighted by atomic mass is 9.93. The maximum Gasteiger partial charge on any atom is 0.318 e. The highest BCUT2D eigenvalue weighted by Crippen LogP contribution is 2.36. The topological polar surface area (TPSA) is 130 Å². The van der Waals surface area contributed by atoms with E-state index in [9.17, 15) is 14.7 Å². The van der Waals surface area contributed by atoms with Crippen LogP contribution in [0, 0.1) is 0 Å². The van der Waals surface area contributed by atoms with Crippen molar-refractivity contribution in [2.75, 3.05) is 17.2 Å². The lowest BCUT2D eigenvalue weighted by molar-refractivity contribution is 0.102. The van der Waals surface area contributed by atoms with Crippen LogP contribution < -0.4 is 16.4 Å². The third-order valence-corrected chi connectivity index (χ3v) is 4.72. The number of anilines is 2. The zero-order valence-electron chi connectivity index (χ0n) is 13.5. The molecule has 3 rings (SSSR count). The number of urea groups is 1. The molecule has 1 aliphatic carbocycles. The molecule has 2 heterocycles. The number of aliphatic hydroxyl groups excluding tert-OH is 1. The van der Waals surface area contributed by atoms with Crippen molar-refractivity contribution in [3.05, 3.63) is 40.0 Å². The summed E-state index contributed by atoms with van der Waals surface area (Å²) in [5.74, 6) is 0.321. The fourth-order valence-electron chi connectivity index (χ4n) is 2.57. The van der Waals surface area contributed by atoms with Gasteiger partial charge in [-0.15, -0.1) is 0 Å². The summed E-state index contributed by atoms with van der Waals surface area (Å²) in [5, 5.41) is 16.2. The number of aliphatic hydroxyl groups is 1. The normalized spacial score (nSPS) is 13.3. The van der Waals surface area contributed by atoms with Crippen LogP contribution in [0.25, 0.3) is 5.76 Å². The molecule has 0 spiro atoms. The van der Waals surface area contributed by atoms with Crippen LogP contribution in [0.1, 0.15) is 34.3 Å². The average molecular weight is 359 g/mol. The van der Waals surface area contributed by atoms with Crippen molar-refractivity contribution in [2.45, 2.75) is 19.8 Å². The Kier molecular flexibility index (Phi) is 4.66. The number of allylic oxidation sites excluding steroid dienone is 1. The van der Waals surface area contributed by atoms with Gasteiger partial charge in [-0.1, -0.05) is 11.3 Å². The molecule has 0 saturated carbocycles. The van der Waals surface area contributed by atoms with Gasteiger partial charge in [0.1, 0.15) is 11.6 Å². The maximum atomic E-state index is 12.7. The lowest BCUT2D eigenvalue weighted by Crippen LogP contribution is -2.19. The Labute approximate surface area is 147 Å². The highest BCUT2D eigenvalue weighted by molar-refractivity contribution is 7.16. The summed E-state index contributed by atoms with van der Waals surface area (Å²) >= 11 is 1.09. The van der Waals surface area contributed by atoms with Gasteiger partial charge in [0, 0.05) is 23.9 Å². The van der Waals surface area contributed by atoms with Crippen LogP contribution in [0.2, 0.25) is 0 Å². The fourth-order valence-corrected chi connectivity index (χ4v) is 3.56. The fraction of sp³-hybridized carbons (Fsp3) is 0.250. The Hall–Kier alpha value is -2.94. The summed E-state index contributed by atoms with van der Waals surface area (Å²) in [6.07, 6.45) is 2.36. The first-order valence-corrected chi connectivity index (χ1v) is 8.54. The van der Waals surface area contributed by atoms with Crippen molar-refractivity contribution in [1.82, 2.24) is 9.97 Å². The summed E-state index contributed by atoms with van der Waals surface area (Å²) in [7, 11) is 0. The number of nitrogens with zero attached hydrogens (tertiary/aromatic N) is 2. The second kappa shape index (κ2) is 6.89. The second-order valence-corrected chi connectivity index (χ2v) is 6.40. The number of Topliss-reactive ketones (excluding diaryl/α,β-unsaturated/α-hetero) is 1. The third kappa shape index (κ3) is 3.45. The molecule has 0 bridgehead atoms. The van der Waals surface area contributed by atoms with Gasteiger partial charge < -0.3 is 16.2 Å². The molecule has 0 radical (unpaired) electrons. The molecule has 9 heteroatoms. The molecule has 5 N–H and O–H groups in total. The average Bonchev–Trinajstić information content (AvgIpc) is 2.98. The molecular weight excluding hydrogens is 342 g/mol. The van der Waals surface area contributed by atoms with Crippen molar-refractivity contribution >= 4 is 39.9 Å². The van der Waals surface area contributed by atoms with Gasteiger partial charge in [0.25, 0.3) is 0 Å². The van der Waals surface area contributed by atoms with Crippen molar-refractivity contribution in [2.24, 2.45) is 5.73 Å². The second-order valence-electron chi connectivity index (χ2n) is 5.40. The van der Waals surface area contributed by atoms with Crippen molar-refractivity contribution in [1.29, 1.82) is 0 Å². The van der Waals surface area contributed by atoms with Gasteiger partial charge in [-0.05, 0) is 31.9 Å². The minimum Gasteiger partial charge on any atom is -0.506 e. The maximum absolute atomic E-state index is 12.7. The van der Waals surface area contributed by atoms with Crippen LogP contribution in [-0.4, -0.2) is 33.4 Å². The number of ketones is 1. The number of aromatic nitrogens is 2. The number of aryl methyl sites for hydroxylation is 1. The first kappa shape index (κ1) is 16.9. The van der Waals surface area contributed by atoms with E-state index in [1.54, 1.807) is 12.1 Å². The lowest BCUT2D eigenvalue weighted by Gasteiger charge is -2.14. The van der Waals surface area contributed by atoms with Gasteiger partial charge in [-0.25, -0.2) is 14.8 Å². The first-order chi connectivity index (χ1) is 12.0. The standard InChI is InChI=1S/C16H17N5O3S/c1-2-18-11-6-3-8(7-19-11)12(22)9-4-5-10-14(13(9)23)25-16(20-10)21-15(17)24/h3,6-7,23H,2,4-5H2,1H3,(H,18,19)(H3,17,20,21,24). The van der Waals surface area contributed by atoms with Gasteiger partial charge in [-0.2, -0.15) is 0 Å². The van der Waals surface area contributed by atoms with Crippen LogP contribution in [0.3, 0.4) is 0 Å². The zero-order valence-corrected chi connectivity index (χ0v) is 14.3. The number of hydrogen-bond acceptors (Lipinski definition) is 7. The van der Waals surface area contributed by atoms with E-state index in [4.69, 9.17) is 5.73 Å². The van der Waals surface area contributed by atoms with Crippen LogP contribution in [0.15, 0.2) is 23.9 Å². The number of fused-ring (bicyclic) bond motifs is 1. The number of nitrogens with two attached hydrogens (primary N) is 1. The molecule has 2 aromatic rings. The predicted octanol–water partition coefficient (Wildman–Crippen LogP) is 2.56. The summed E-state index contributed by atoms with van der Waals surface area (Å²) in [4.78, 5) is 32.5. The number of nitrogens with one attached hydrogen (secondary N) is 2. The van der Waals surface area contributed by atoms with Crippen LogP contribution in [-0.2, 0) is 6.42 Å². The van der Waals surface area contributed by atoms with E-state index in [0.29, 0.717) is 45.5 Å². The SMILES string of the molecule is CCNc1ccc(C(=O)C2=C(O)c3sc(NC(N)=O)nc3CC2)cn1. The molecule has 0 aromatic carbocycles. The first-order valence-electron chi connectivity index (χ1n) is 7.72. The number of amides is 2. The number of hydrogen-bond donors (Lipinski definition) is 4. The monoisotopic (exact) mass is 359 g/mol. The predicted molar refractivity (Wildman–Crippen MR) is 95.9 cm³/mol. The molecule has 1 aliphatic rings. The van der Waals surface area contributed by atoms with E-state index in [1.807, 2.05) is 6.92 Å². The molecule has 25 heavy (non-hydrogen) atoms. The molecule has 0 aliphatic heterocycles. The third-order valence-electron chi connectivity index (χ3n) is 3.70. The highest BCUT2D eigenvalue weighted by atomic mass is 32.1. The van der Waals surface area contributed by atoms with Gasteiger partial charge in [-0.3, -0.25) is 10.1 Å². The number of pyridine rings is 1. The number of thiazole rings is 1. The Balaban J connectivity index is 1.88. The molecule has 2 amide bonds. The van der Waals surface area contributed by atoms with Gasteiger partial charge >= 0.3 is 6.03 Å². The van der Waals surface area contributed by atoms with E-state index in [1.165, 1.54) is 6.20 Å². The zero-order chi connectivity index (χ0) is 18.0. The van der Waals surface area contributed by atoms with E-state index < -0.39 is 6.03 Å². The quantitative estimate of drug-likeness (QED) is 0.607. The van der Waals surface area contributed by atoms with Gasteiger partial charge in [0.05, 0.1) is 10.6 Å². The van der Waals surface area contributed by atoms with Crippen LogP contribution in [0.5, 0.6) is 0 Å². The van der Waals surface area contributed by atoms with E-state index >= 15 is 0 Å². The van der Waals surface area contributed by atoms with Gasteiger partial charge in [0.2, 0.25) is 0 Å². The largest absolute Gasteiger partial charge is 0.506 e. The van der Waals surface area contributed by atoms with E-state index in [0.717, 1.165) is 17.9 Å². The molecule has 2 aromatic heterocycles. The molecule has 0 fully saturated rings. The summed E-state index contributed by atoms with van der Waals surface area (Å²) in [5.41, 5.74) is 6.45. The molecule has 130 valence electrons. The highest BCUT2D eigenvalue weighted by Gasteiger charge is 2.27. The van der Waals surface area contributed by atoms with Gasteiger partial charge in [0.15, 0.2) is 10.9 Å². The minimum absolute atomic E-state index is 0.1000. The molecular formula is C16H17N5O3S. The van der Waals surface area contributed by atoms with Crippen LogP contribution >= 0.6 is 11.3 Å². The summed E-state index contributed by atoms with van der Waals surface area (Å²) in [6.45, 7) is 2.70. The Morgan fingerprint density at radius 2 is 2.16 bits per heavy atom. The number of carbonyl (C=O) groups excluding carboxylic acids is 2. The minimum atomic E-state index is -0.724. The molecule has 0 unspecified atom stereocenters. The van der Waals surface area contributed by atoms with Crippen molar-refractivity contribution in [3.63, 3.8) is 0 Å². The molecule has 8 nitrogen and oxygen atoms in total. The van der Waals surface area contributed by atoms with Crippen molar-refractivity contribution < 1.29 is 14.7 Å². The number of rotatable bonds is 5. The summed E-state index contributed by atoms with van der Waals surface area (Å²) in [6, 6.07) is 2.68. The molecule has 0 atom stereocenters. The Bertz CT molecular complexity index is 857. The molecule has 0 saturated heterocycles. The Morgan fingerprint density at radius 3 is 2.80 bits per heavy atom. The Morgan fingerprint density at radius 1 is 1.36 bits per heavy atom. The number of primary amides is 1.